The highest BCUT2D eigenvalue weighted by Crippen LogP contribution is 2.21. The zero-order chi connectivity index (χ0) is 13.9. The molecule has 0 atom stereocenters. The van der Waals surface area contributed by atoms with Crippen molar-refractivity contribution in [2.45, 2.75) is 26.3 Å². The largest absolute Gasteiger partial charge is 0.480 e. The summed E-state index contributed by atoms with van der Waals surface area (Å²) in [6.07, 6.45) is 2.81. The Morgan fingerprint density at radius 3 is 2.56 bits per heavy atom. The Balaban J connectivity index is 3.16. The Hall–Kier alpha value is -1.62. The quantitative estimate of drug-likeness (QED) is 0.909. The van der Waals surface area contributed by atoms with Gasteiger partial charge in [0.1, 0.15) is 5.54 Å². The van der Waals surface area contributed by atoms with Crippen molar-refractivity contribution in [2.24, 2.45) is 0 Å². The van der Waals surface area contributed by atoms with E-state index in [1.165, 1.54) is 37.2 Å². The van der Waals surface area contributed by atoms with Crippen LogP contribution in [0.4, 0.5) is 0 Å². The van der Waals surface area contributed by atoms with E-state index < -0.39 is 17.4 Å². The van der Waals surface area contributed by atoms with E-state index in [4.69, 9.17) is 16.7 Å². The molecule has 1 amide bonds. The Labute approximate surface area is 110 Å². The lowest BCUT2D eigenvalue weighted by Crippen LogP contribution is -2.53. The standard InChI is InChI=1S/C12H15ClN2O3/c1-4-15(12(2,3)11(17)18)10(16)8-7-14-6-5-9(8)13/h5-7H,4H2,1-3H3,(H,17,18). The number of hydrogen-bond donors (Lipinski definition) is 1. The zero-order valence-corrected chi connectivity index (χ0v) is 11.2. The van der Waals surface area contributed by atoms with Gasteiger partial charge in [0.2, 0.25) is 0 Å². The number of aromatic nitrogens is 1. The smallest absolute Gasteiger partial charge is 0.329 e. The van der Waals surface area contributed by atoms with Crippen molar-refractivity contribution in [2.75, 3.05) is 6.54 Å². The maximum absolute atomic E-state index is 12.3. The van der Waals surface area contributed by atoms with Crippen LogP contribution < -0.4 is 0 Å². The topological polar surface area (TPSA) is 70.5 Å². The summed E-state index contributed by atoms with van der Waals surface area (Å²) in [4.78, 5) is 28.6. The van der Waals surface area contributed by atoms with Gasteiger partial charge in [0.25, 0.3) is 5.91 Å². The number of carboxylic acids is 1. The monoisotopic (exact) mass is 270 g/mol. The molecule has 0 aliphatic rings. The molecule has 0 aliphatic heterocycles. The molecule has 0 radical (unpaired) electrons. The summed E-state index contributed by atoms with van der Waals surface area (Å²) >= 11 is 5.91. The normalized spacial score (nSPS) is 11.1. The molecule has 1 aromatic heterocycles. The van der Waals surface area contributed by atoms with Crippen LogP contribution in [-0.4, -0.2) is 39.0 Å². The third kappa shape index (κ3) is 2.61. The number of carboxylic acid groups (broad SMARTS) is 1. The van der Waals surface area contributed by atoms with E-state index in [9.17, 15) is 9.59 Å². The maximum Gasteiger partial charge on any atom is 0.329 e. The van der Waals surface area contributed by atoms with Crippen LogP contribution in [0, 0.1) is 0 Å². The lowest BCUT2D eigenvalue weighted by molar-refractivity contribution is -0.147. The van der Waals surface area contributed by atoms with Gasteiger partial charge in [-0.15, -0.1) is 0 Å². The molecule has 0 saturated carbocycles. The highest BCUT2D eigenvalue weighted by atomic mass is 35.5. The first kappa shape index (κ1) is 14.4. The second kappa shape index (κ2) is 5.35. The number of carbonyl (C=O) groups is 2. The van der Waals surface area contributed by atoms with E-state index >= 15 is 0 Å². The molecule has 1 N–H and O–H groups in total. The molecule has 0 unspecified atom stereocenters. The van der Waals surface area contributed by atoms with Gasteiger partial charge < -0.3 is 10.0 Å². The number of hydrogen-bond acceptors (Lipinski definition) is 3. The van der Waals surface area contributed by atoms with Crippen LogP contribution in [0.25, 0.3) is 0 Å². The van der Waals surface area contributed by atoms with Crippen LogP contribution >= 0.6 is 11.6 Å². The van der Waals surface area contributed by atoms with Crippen molar-refractivity contribution >= 4 is 23.5 Å². The summed E-state index contributed by atoms with van der Waals surface area (Å²) in [5, 5.41) is 9.42. The number of amides is 1. The molecule has 0 bridgehead atoms. The van der Waals surface area contributed by atoms with Gasteiger partial charge in [-0.05, 0) is 26.8 Å². The zero-order valence-electron chi connectivity index (χ0n) is 10.5. The maximum atomic E-state index is 12.3. The third-order valence-corrected chi connectivity index (χ3v) is 3.09. The summed E-state index contributed by atoms with van der Waals surface area (Å²) < 4.78 is 0. The average Bonchev–Trinajstić information content (AvgIpc) is 2.29. The first-order chi connectivity index (χ1) is 8.32. The molecule has 1 rings (SSSR count). The second-order valence-electron chi connectivity index (χ2n) is 4.27. The number of likely N-dealkylation sites (N-methyl/N-ethyl adjacent to an activating group) is 1. The fourth-order valence-electron chi connectivity index (χ4n) is 1.59. The number of aliphatic carboxylic acids is 1. The minimum atomic E-state index is -1.30. The SMILES string of the molecule is CCN(C(=O)c1cnccc1Cl)C(C)(C)C(=O)O. The molecule has 0 saturated heterocycles. The summed E-state index contributed by atoms with van der Waals surface area (Å²) in [6.45, 7) is 4.93. The van der Waals surface area contributed by atoms with Crippen LogP contribution in [0.1, 0.15) is 31.1 Å². The van der Waals surface area contributed by atoms with E-state index in [-0.39, 0.29) is 17.1 Å². The average molecular weight is 271 g/mol. The summed E-state index contributed by atoms with van der Waals surface area (Å²) in [5.74, 6) is -1.51. The van der Waals surface area contributed by atoms with E-state index in [1.807, 2.05) is 0 Å². The van der Waals surface area contributed by atoms with Gasteiger partial charge in [0.15, 0.2) is 0 Å². The van der Waals surface area contributed by atoms with E-state index in [0.717, 1.165) is 0 Å². The van der Waals surface area contributed by atoms with Gasteiger partial charge in [-0.2, -0.15) is 0 Å². The fraction of sp³-hybridized carbons (Fsp3) is 0.417. The Morgan fingerprint density at radius 1 is 1.50 bits per heavy atom. The van der Waals surface area contributed by atoms with Crippen LogP contribution in [0.3, 0.4) is 0 Å². The highest BCUT2D eigenvalue weighted by molar-refractivity contribution is 6.33. The second-order valence-corrected chi connectivity index (χ2v) is 4.68. The first-order valence-corrected chi connectivity index (χ1v) is 5.85. The predicted octanol–water partition coefficient (Wildman–Crippen LogP) is 2.06. The molecular weight excluding hydrogens is 256 g/mol. The molecule has 98 valence electrons. The molecule has 18 heavy (non-hydrogen) atoms. The van der Waals surface area contributed by atoms with Gasteiger partial charge in [-0.25, -0.2) is 4.79 Å². The number of rotatable bonds is 4. The Kier molecular flexibility index (Phi) is 4.29. The Morgan fingerprint density at radius 2 is 2.11 bits per heavy atom. The Bertz CT molecular complexity index is 474. The number of carbonyl (C=O) groups excluding carboxylic acids is 1. The third-order valence-electron chi connectivity index (χ3n) is 2.76. The van der Waals surface area contributed by atoms with Gasteiger partial charge >= 0.3 is 5.97 Å². The van der Waals surface area contributed by atoms with Crippen LogP contribution in [0.2, 0.25) is 5.02 Å². The van der Waals surface area contributed by atoms with Crippen molar-refractivity contribution in [3.05, 3.63) is 29.0 Å². The number of pyridine rings is 1. The van der Waals surface area contributed by atoms with E-state index in [1.54, 1.807) is 6.92 Å². The van der Waals surface area contributed by atoms with Crippen molar-refractivity contribution in [1.82, 2.24) is 9.88 Å². The van der Waals surface area contributed by atoms with Crippen LogP contribution in [-0.2, 0) is 4.79 Å². The van der Waals surface area contributed by atoms with Crippen molar-refractivity contribution in [3.8, 4) is 0 Å². The minimum absolute atomic E-state index is 0.204. The van der Waals surface area contributed by atoms with Gasteiger partial charge in [0, 0.05) is 18.9 Å². The first-order valence-electron chi connectivity index (χ1n) is 5.47. The molecule has 0 aliphatic carbocycles. The van der Waals surface area contributed by atoms with Gasteiger partial charge in [-0.3, -0.25) is 9.78 Å². The van der Waals surface area contributed by atoms with E-state index in [0.29, 0.717) is 0 Å². The van der Waals surface area contributed by atoms with Crippen molar-refractivity contribution in [1.29, 1.82) is 0 Å². The van der Waals surface area contributed by atoms with Crippen molar-refractivity contribution < 1.29 is 14.7 Å². The number of nitrogens with zero attached hydrogens (tertiary/aromatic N) is 2. The molecule has 5 nitrogen and oxygen atoms in total. The lowest BCUT2D eigenvalue weighted by Gasteiger charge is -2.34. The minimum Gasteiger partial charge on any atom is -0.480 e. The molecule has 1 aromatic rings. The molecule has 6 heteroatoms. The highest BCUT2D eigenvalue weighted by Gasteiger charge is 2.37. The van der Waals surface area contributed by atoms with Gasteiger partial charge in [0.05, 0.1) is 10.6 Å². The molecule has 1 heterocycles. The molecule has 0 aromatic carbocycles. The van der Waals surface area contributed by atoms with Crippen LogP contribution in [0.5, 0.6) is 0 Å². The van der Waals surface area contributed by atoms with E-state index in [2.05, 4.69) is 4.98 Å². The summed E-state index contributed by atoms with van der Waals surface area (Å²) in [5.41, 5.74) is -1.10. The lowest BCUT2D eigenvalue weighted by atomic mass is 10.0. The summed E-state index contributed by atoms with van der Waals surface area (Å²) in [7, 11) is 0. The molecular formula is C12H15ClN2O3. The molecule has 0 spiro atoms. The van der Waals surface area contributed by atoms with Gasteiger partial charge in [-0.1, -0.05) is 11.6 Å². The van der Waals surface area contributed by atoms with Crippen LogP contribution in [0.15, 0.2) is 18.5 Å². The fourth-order valence-corrected chi connectivity index (χ4v) is 1.77. The predicted molar refractivity (Wildman–Crippen MR) is 67.7 cm³/mol. The van der Waals surface area contributed by atoms with Crippen molar-refractivity contribution in [3.63, 3.8) is 0 Å². The number of halogens is 1. The summed E-state index contributed by atoms with van der Waals surface area (Å²) in [6, 6.07) is 1.50. The molecule has 0 fully saturated rings.